The van der Waals surface area contributed by atoms with Crippen LogP contribution >= 0.6 is 11.8 Å². The number of pyridine rings is 1. The van der Waals surface area contributed by atoms with E-state index in [1.54, 1.807) is 25.4 Å². The summed E-state index contributed by atoms with van der Waals surface area (Å²) < 4.78 is 5.15. The number of hydrogen-bond donors (Lipinski definition) is 1. The lowest BCUT2D eigenvalue weighted by molar-refractivity contribution is 0.0964. The number of Topliss-reactive ketones (excluding diaryl/α,β-unsaturated/α-hetero) is 1. The lowest BCUT2D eigenvalue weighted by atomic mass is 10.1. The smallest absolute Gasteiger partial charge is 0.186 e. The predicted octanol–water partition coefficient (Wildman–Crippen LogP) is 1.37. The van der Waals surface area contributed by atoms with E-state index in [-0.39, 0.29) is 11.8 Å². The van der Waals surface area contributed by atoms with Crippen molar-refractivity contribution in [1.29, 1.82) is 0 Å². The predicted molar refractivity (Wildman–Crippen MR) is 68.9 cm³/mol. The minimum atomic E-state index is 0.0439. The van der Waals surface area contributed by atoms with Crippen LogP contribution in [-0.2, 0) is 0 Å². The molecule has 0 saturated carbocycles. The quantitative estimate of drug-likeness (QED) is 0.820. The number of methoxy groups -OCH3 is 1. The van der Waals surface area contributed by atoms with Gasteiger partial charge in [-0.3, -0.25) is 4.79 Å². The second kappa shape index (κ2) is 6.02. The zero-order valence-electron chi connectivity index (χ0n) is 9.81. The molecule has 2 rings (SSSR count). The second-order valence-electron chi connectivity index (χ2n) is 3.91. The van der Waals surface area contributed by atoms with Gasteiger partial charge in [-0.1, -0.05) is 0 Å². The molecule has 1 atom stereocenters. The van der Waals surface area contributed by atoms with Crippen molar-refractivity contribution >= 4 is 17.5 Å². The number of aromatic nitrogens is 1. The fraction of sp³-hybridized carbons (Fsp3) is 0.500. The van der Waals surface area contributed by atoms with Gasteiger partial charge in [-0.15, -0.1) is 0 Å². The van der Waals surface area contributed by atoms with Crippen molar-refractivity contribution in [2.24, 2.45) is 0 Å². The first kappa shape index (κ1) is 12.4. The molecule has 1 aliphatic rings. The molecule has 0 aromatic carbocycles. The van der Waals surface area contributed by atoms with Crippen LogP contribution in [0.1, 0.15) is 16.9 Å². The number of nitrogens with zero attached hydrogens (tertiary/aromatic N) is 1. The van der Waals surface area contributed by atoms with Gasteiger partial charge in [0, 0.05) is 36.7 Å². The highest BCUT2D eigenvalue weighted by Crippen LogP contribution is 2.18. The van der Waals surface area contributed by atoms with E-state index in [1.165, 1.54) is 0 Å². The maximum Gasteiger partial charge on any atom is 0.186 e. The summed E-state index contributed by atoms with van der Waals surface area (Å²) in [6, 6.07) is 3.79. The van der Waals surface area contributed by atoms with E-state index in [0.717, 1.165) is 18.1 Å². The minimum Gasteiger partial charge on any atom is -0.494 e. The summed E-state index contributed by atoms with van der Waals surface area (Å²) in [7, 11) is 1.56. The summed E-state index contributed by atoms with van der Waals surface area (Å²) >= 11 is 1.88. The molecule has 0 aliphatic carbocycles. The van der Waals surface area contributed by atoms with Crippen molar-refractivity contribution in [1.82, 2.24) is 10.3 Å². The number of hydrogen-bond acceptors (Lipinski definition) is 5. The van der Waals surface area contributed by atoms with Crippen LogP contribution in [0.4, 0.5) is 0 Å². The van der Waals surface area contributed by atoms with E-state index in [4.69, 9.17) is 4.74 Å². The van der Waals surface area contributed by atoms with Crippen molar-refractivity contribution in [3.8, 4) is 5.75 Å². The fourth-order valence-corrected chi connectivity index (χ4v) is 2.79. The Morgan fingerprint density at radius 1 is 1.71 bits per heavy atom. The van der Waals surface area contributed by atoms with Gasteiger partial charge < -0.3 is 10.1 Å². The number of nitrogens with one attached hydrogen (secondary N) is 1. The van der Waals surface area contributed by atoms with E-state index in [1.807, 2.05) is 11.8 Å². The average Bonchev–Trinajstić information content (AvgIpc) is 2.40. The molecule has 1 saturated heterocycles. The molecule has 1 aromatic rings. The van der Waals surface area contributed by atoms with Gasteiger partial charge in [-0.05, 0) is 12.1 Å². The molecule has 17 heavy (non-hydrogen) atoms. The molecule has 1 N–H and O–H groups in total. The van der Waals surface area contributed by atoms with Gasteiger partial charge in [0.2, 0.25) is 0 Å². The van der Waals surface area contributed by atoms with Crippen LogP contribution in [0.15, 0.2) is 18.3 Å². The maximum absolute atomic E-state index is 12.1. The van der Waals surface area contributed by atoms with Crippen LogP contribution < -0.4 is 10.1 Å². The topological polar surface area (TPSA) is 51.2 Å². The van der Waals surface area contributed by atoms with Crippen molar-refractivity contribution in [3.05, 3.63) is 24.0 Å². The molecule has 0 radical (unpaired) electrons. The van der Waals surface area contributed by atoms with E-state index >= 15 is 0 Å². The monoisotopic (exact) mass is 252 g/mol. The van der Waals surface area contributed by atoms with Gasteiger partial charge in [0.05, 0.1) is 7.11 Å². The average molecular weight is 252 g/mol. The molecule has 92 valence electrons. The summed E-state index contributed by atoms with van der Waals surface area (Å²) in [6.45, 7) is 0.974. The summed E-state index contributed by atoms with van der Waals surface area (Å²) in [6.07, 6.45) is 2.11. The van der Waals surface area contributed by atoms with Crippen molar-refractivity contribution in [3.63, 3.8) is 0 Å². The number of rotatable bonds is 4. The number of ether oxygens (including phenoxy) is 1. The Bertz CT molecular complexity index is 392. The number of carbonyl (C=O) groups is 1. The van der Waals surface area contributed by atoms with Gasteiger partial charge in [0.15, 0.2) is 5.78 Å². The Morgan fingerprint density at radius 3 is 3.29 bits per heavy atom. The van der Waals surface area contributed by atoms with E-state index in [2.05, 4.69) is 10.3 Å². The molecule has 1 unspecified atom stereocenters. The number of thioether (sulfide) groups is 1. The van der Waals surface area contributed by atoms with Gasteiger partial charge in [-0.25, -0.2) is 4.98 Å². The molecular formula is C12H16N2O2S. The lowest BCUT2D eigenvalue weighted by Gasteiger charge is -2.22. The Balaban J connectivity index is 2.03. The normalized spacial score (nSPS) is 19.9. The summed E-state index contributed by atoms with van der Waals surface area (Å²) in [5.74, 6) is 2.71. The van der Waals surface area contributed by atoms with Gasteiger partial charge in [0.1, 0.15) is 11.4 Å². The molecule has 1 aliphatic heterocycles. The van der Waals surface area contributed by atoms with Crippen LogP contribution in [0.3, 0.4) is 0 Å². The number of carbonyl (C=O) groups excluding carboxylic acids is 1. The van der Waals surface area contributed by atoms with Crippen molar-refractivity contribution < 1.29 is 9.53 Å². The first-order valence-electron chi connectivity index (χ1n) is 5.64. The van der Waals surface area contributed by atoms with Crippen LogP contribution in [0, 0.1) is 0 Å². The molecule has 1 aromatic heterocycles. The third-order valence-electron chi connectivity index (χ3n) is 2.68. The third kappa shape index (κ3) is 3.20. The minimum absolute atomic E-state index is 0.0439. The molecule has 1 fully saturated rings. The Labute approximate surface area is 105 Å². The Hall–Kier alpha value is -1.07. The Kier molecular flexibility index (Phi) is 4.39. The molecule has 5 heteroatoms. The summed E-state index contributed by atoms with van der Waals surface area (Å²) in [4.78, 5) is 16.2. The summed E-state index contributed by atoms with van der Waals surface area (Å²) in [5.41, 5.74) is 0.437. The van der Waals surface area contributed by atoms with Gasteiger partial charge >= 0.3 is 0 Å². The molecule has 2 heterocycles. The highest BCUT2D eigenvalue weighted by Gasteiger charge is 2.20. The lowest BCUT2D eigenvalue weighted by Crippen LogP contribution is -2.39. The van der Waals surface area contributed by atoms with E-state index < -0.39 is 0 Å². The molecular weight excluding hydrogens is 236 g/mol. The van der Waals surface area contributed by atoms with Crippen LogP contribution in [-0.4, -0.2) is 42.0 Å². The SMILES string of the molecule is COc1cccnc1C(=O)CC1CSCCN1. The largest absolute Gasteiger partial charge is 0.494 e. The maximum atomic E-state index is 12.1. The van der Waals surface area contributed by atoms with Crippen LogP contribution in [0.5, 0.6) is 5.75 Å². The van der Waals surface area contributed by atoms with Crippen molar-refractivity contribution in [2.45, 2.75) is 12.5 Å². The molecule has 0 bridgehead atoms. The van der Waals surface area contributed by atoms with Crippen LogP contribution in [0.2, 0.25) is 0 Å². The highest BCUT2D eigenvalue weighted by molar-refractivity contribution is 7.99. The third-order valence-corrected chi connectivity index (χ3v) is 3.82. The highest BCUT2D eigenvalue weighted by atomic mass is 32.2. The zero-order chi connectivity index (χ0) is 12.1. The fourth-order valence-electron chi connectivity index (χ4n) is 1.84. The molecule has 4 nitrogen and oxygen atoms in total. The van der Waals surface area contributed by atoms with Gasteiger partial charge in [0.25, 0.3) is 0 Å². The van der Waals surface area contributed by atoms with Gasteiger partial charge in [-0.2, -0.15) is 11.8 Å². The van der Waals surface area contributed by atoms with E-state index in [9.17, 15) is 4.79 Å². The first-order valence-corrected chi connectivity index (χ1v) is 6.80. The first-order chi connectivity index (χ1) is 8.31. The standard InChI is InChI=1S/C12H16N2O2S/c1-16-11-3-2-4-14-12(11)10(15)7-9-8-17-6-5-13-9/h2-4,9,13H,5-8H2,1H3. The Morgan fingerprint density at radius 2 is 2.59 bits per heavy atom. The summed E-state index contributed by atoms with van der Waals surface area (Å²) in [5, 5.41) is 3.35. The molecule has 0 spiro atoms. The zero-order valence-corrected chi connectivity index (χ0v) is 10.6. The van der Waals surface area contributed by atoms with Crippen LogP contribution in [0.25, 0.3) is 0 Å². The van der Waals surface area contributed by atoms with E-state index in [0.29, 0.717) is 17.9 Å². The second-order valence-corrected chi connectivity index (χ2v) is 5.06. The molecule has 0 amide bonds. The van der Waals surface area contributed by atoms with Crippen molar-refractivity contribution in [2.75, 3.05) is 25.2 Å². The number of ketones is 1.